The van der Waals surface area contributed by atoms with E-state index in [1.807, 2.05) is 12.1 Å². The van der Waals surface area contributed by atoms with E-state index in [0.717, 1.165) is 19.1 Å². The average Bonchev–Trinajstić information content (AvgIpc) is 2.12. The maximum Gasteiger partial charge on any atom is 0.104 e. The van der Waals surface area contributed by atoms with Gasteiger partial charge in [-0.05, 0) is 50.7 Å². The van der Waals surface area contributed by atoms with Gasteiger partial charge in [0.1, 0.15) is 5.52 Å². The van der Waals surface area contributed by atoms with Gasteiger partial charge in [0, 0.05) is 16.0 Å². The van der Waals surface area contributed by atoms with Crippen molar-refractivity contribution in [2.45, 2.75) is 0 Å². The van der Waals surface area contributed by atoms with Crippen LogP contribution in [0.3, 0.4) is 0 Å². The van der Waals surface area contributed by atoms with Crippen LogP contribution in [0.4, 0.5) is 0 Å². The molecule has 0 radical (unpaired) electrons. The number of benzene rings is 1. The van der Waals surface area contributed by atoms with Crippen molar-refractivity contribution in [3.8, 4) is 0 Å². The number of hydrogen-bond donors (Lipinski definition) is 0. The lowest BCUT2D eigenvalue weighted by molar-refractivity contribution is 1.28. The molecule has 0 atom stereocenters. The SMILES string of the molecule is Brc1c(I)ccc2nccnc12. The number of aromatic nitrogens is 2. The van der Waals surface area contributed by atoms with Crippen molar-refractivity contribution in [1.29, 1.82) is 0 Å². The van der Waals surface area contributed by atoms with Gasteiger partial charge in [-0.1, -0.05) is 0 Å². The first kappa shape index (κ1) is 8.37. The Morgan fingerprint density at radius 2 is 1.92 bits per heavy atom. The molecule has 0 spiro atoms. The Balaban J connectivity index is 2.91. The summed E-state index contributed by atoms with van der Waals surface area (Å²) >= 11 is 5.73. The molecular formula is C8H4BrIN2. The molecule has 1 aromatic heterocycles. The van der Waals surface area contributed by atoms with Gasteiger partial charge in [-0.3, -0.25) is 9.97 Å². The highest BCUT2D eigenvalue weighted by Gasteiger charge is 2.02. The minimum Gasteiger partial charge on any atom is -0.253 e. The minimum absolute atomic E-state index is 0.921. The molecule has 0 N–H and O–H groups in total. The van der Waals surface area contributed by atoms with Gasteiger partial charge in [-0.15, -0.1) is 0 Å². The van der Waals surface area contributed by atoms with E-state index in [0.29, 0.717) is 0 Å². The summed E-state index contributed by atoms with van der Waals surface area (Å²) in [4.78, 5) is 8.41. The van der Waals surface area contributed by atoms with Crippen LogP contribution >= 0.6 is 38.5 Å². The van der Waals surface area contributed by atoms with Crippen LogP contribution in [0.2, 0.25) is 0 Å². The van der Waals surface area contributed by atoms with E-state index in [1.54, 1.807) is 12.4 Å². The molecule has 0 aliphatic carbocycles. The highest BCUT2D eigenvalue weighted by Crippen LogP contribution is 2.25. The number of fused-ring (bicyclic) bond motifs is 1. The molecule has 12 heavy (non-hydrogen) atoms. The zero-order valence-electron chi connectivity index (χ0n) is 5.96. The zero-order chi connectivity index (χ0) is 8.55. The van der Waals surface area contributed by atoms with Crippen molar-refractivity contribution in [3.63, 3.8) is 0 Å². The quantitative estimate of drug-likeness (QED) is 0.692. The van der Waals surface area contributed by atoms with Gasteiger partial charge >= 0.3 is 0 Å². The third kappa shape index (κ3) is 1.33. The molecule has 0 amide bonds. The molecule has 0 unspecified atom stereocenters. The largest absolute Gasteiger partial charge is 0.253 e. The molecule has 0 saturated carbocycles. The summed E-state index contributed by atoms with van der Waals surface area (Å²) < 4.78 is 2.18. The maximum absolute atomic E-state index is 4.23. The molecule has 0 saturated heterocycles. The van der Waals surface area contributed by atoms with Crippen LogP contribution in [0.1, 0.15) is 0 Å². The molecule has 60 valence electrons. The van der Waals surface area contributed by atoms with E-state index >= 15 is 0 Å². The Bertz CT molecular complexity index is 430. The first-order valence-corrected chi connectivity index (χ1v) is 5.21. The van der Waals surface area contributed by atoms with Crippen LogP contribution < -0.4 is 0 Å². The summed E-state index contributed by atoms with van der Waals surface area (Å²) in [5.74, 6) is 0. The lowest BCUT2D eigenvalue weighted by Crippen LogP contribution is -1.85. The molecule has 2 aromatic rings. The van der Waals surface area contributed by atoms with Gasteiger partial charge < -0.3 is 0 Å². The second-order valence-corrected chi connectivity index (χ2v) is 4.24. The lowest BCUT2D eigenvalue weighted by Gasteiger charge is -1.99. The van der Waals surface area contributed by atoms with E-state index in [-0.39, 0.29) is 0 Å². The molecule has 0 fully saturated rings. The summed E-state index contributed by atoms with van der Waals surface area (Å²) in [5, 5.41) is 0. The average molecular weight is 335 g/mol. The first-order valence-electron chi connectivity index (χ1n) is 3.34. The fourth-order valence-corrected chi connectivity index (χ4v) is 1.85. The third-order valence-corrected chi connectivity index (χ3v) is 3.97. The standard InChI is InChI=1S/C8H4BrIN2/c9-7-5(10)1-2-6-8(7)12-4-3-11-6/h1-4H. The van der Waals surface area contributed by atoms with Gasteiger partial charge in [0.15, 0.2) is 0 Å². The van der Waals surface area contributed by atoms with Gasteiger partial charge in [0.25, 0.3) is 0 Å². The predicted octanol–water partition coefficient (Wildman–Crippen LogP) is 3.00. The van der Waals surface area contributed by atoms with E-state index in [1.165, 1.54) is 0 Å². The van der Waals surface area contributed by atoms with Crippen LogP contribution in [0, 0.1) is 3.57 Å². The second kappa shape index (κ2) is 3.26. The molecule has 1 heterocycles. The van der Waals surface area contributed by atoms with Crippen molar-refractivity contribution in [1.82, 2.24) is 9.97 Å². The number of hydrogen-bond acceptors (Lipinski definition) is 2. The molecular weight excluding hydrogens is 331 g/mol. The van der Waals surface area contributed by atoms with Gasteiger partial charge in [0.2, 0.25) is 0 Å². The topological polar surface area (TPSA) is 25.8 Å². The van der Waals surface area contributed by atoms with Crippen molar-refractivity contribution >= 4 is 49.6 Å². The summed E-state index contributed by atoms with van der Waals surface area (Å²) in [6.45, 7) is 0. The summed E-state index contributed by atoms with van der Waals surface area (Å²) in [6, 6.07) is 3.98. The Hall–Kier alpha value is -0.230. The molecule has 2 nitrogen and oxygen atoms in total. The van der Waals surface area contributed by atoms with Crippen LogP contribution in [-0.2, 0) is 0 Å². The highest BCUT2D eigenvalue weighted by atomic mass is 127. The first-order chi connectivity index (χ1) is 5.79. The van der Waals surface area contributed by atoms with E-state index in [2.05, 4.69) is 48.5 Å². The van der Waals surface area contributed by atoms with E-state index < -0.39 is 0 Å². The van der Waals surface area contributed by atoms with Gasteiger partial charge in [0.05, 0.1) is 9.99 Å². The normalized spacial score (nSPS) is 10.5. The van der Waals surface area contributed by atoms with Crippen LogP contribution in [0.15, 0.2) is 29.0 Å². The molecule has 1 aromatic carbocycles. The van der Waals surface area contributed by atoms with Crippen molar-refractivity contribution in [3.05, 3.63) is 32.6 Å². The van der Waals surface area contributed by atoms with Crippen molar-refractivity contribution in [2.24, 2.45) is 0 Å². The Kier molecular flexibility index (Phi) is 2.27. The second-order valence-electron chi connectivity index (χ2n) is 2.29. The third-order valence-electron chi connectivity index (χ3n) is 1.53. The number of nitrogens with zero attached hydrogens (tertiary/aromatic N) is 2. The monoisotopic (exact) mass is 334 g/mol. The van der Waals surface area contributed by atoms with Crippen LogP contribution in [-0.4, -0.2) is 9.97 Å². The molecule has 0 aliphatic heterocycles. The smallest absolute Gasteiger partial charge is 0.104 e. The van der Waals surface area contributed by atoms with Crippen molar-refractivity contribution in [2.75, 3.05) is 0 Å². The molecule has 0 aliphatic rings. The highest BCUT2D eigenvalue weighted by molar-refractivity contribution is 14.1. The minimum atomic E-state index is 0.921. The summed E-state index contributed by atoms with van der Waals surface area (Å²) in [6.07, 6.45) is 3.39. The summed E-state index contributed by atoms with van der Waals surface area (Å²) in [7, 11) is 0. The maximum atomic E-state index is 4.23. The zero-order valence-corrected chi connectivity index (χ0v) is 9.70. The molecule has 2 rings (SSSR count). The number of halogens is 2. The lowest BCUT2D eigenvalue weighted by atomic mass is 10.3. The Morgan fingerprint density at radius 1 is 1.17 bits per heavy atom. The molecule has 0 bridgehead atoms. The van der Waals surface area contributed by atoms with Crippen molar-refractivity contribution < 1.29 is 0 Å². The predicted molar refractivity (Wildman–Crippen MR) is 60.0 cm³/mol. The Labute approximate surface area is 91.7 Å². The van der Waals surface area contributed by atoms with Crippen LogP contribution in [0.5, 0.6) is 0 Å². The Morgan fingerprint density at radius 3 is 2.75 bits per heavy atom. The summed E-state index contributed by atoms with van der Waals surface area (Å²) in [5.41, 5.74) is 1.84. The van der Waals surface area contributed by atoms with Gasteiger partial charge in [-0.25, -0.2) is 0 Å². The van der Waals surface area contributed by atoms with E-state index in [9.17, 15) is 0 Å². The molecule has 4 heteroatoms. The van der Waals surface area contributed by atoms with Crippen LogP contribution in [0.25, 0.3) is 11.0 Å². The number of rotatable bonds is 0. The van der Waals surface area contributed by atoms with Gasteiger partial charge in [-0.2, -0.15) is 0 Å². The van der Waals surface area contributed by atoms with E-state index in [4.69, 9.17) is 0 Å². The fourth-order valence-electron chi connectivity index (χ4n) is 0.978. The fraction of sp³-hybridized carbons (Fsp3) is 0.